The fraction of sp³-hybridized carbons (Fsp3) is 0.409. The molecule has 0 aliphatic heterocycles. The van der Waals surface area contributed by atoms with Crippen LogP contribution in [0.4, 0.5) is 0 Å². The van der Waals surface area contributed by atoms with E-state index in [4.69, 9.17) is 4.74 Å². The lowest BCUT2D eigenvalue weighted by Crippen LogP contribution is -2.34. The summed E-state index contributed by atoms with van der Waals surface area (Å²) in [6.07, 6.45) is 0.840. The summed E-state index contributed by atoms with van der Waals surface area (Å²) in [7, 11) is 1.48. The smallest absolute Gasteiger partial charge is 0.309 e. The van der Waals surface area contributed by atoms with Gasteiger partial charge >= 0.3 is 5.97 Å². The number of ether oxygens (including phenoxy) is 1. The molecular weight excluding hydrogens is 310 g/mol. The normalized spacial score (nSPS) is 12.4. The molecular formula is C22H29NO2. The largest absolute Gasteiger partial charge is 0.469 e. The van der Waals surface area contributed by atoms with Crippen LogP contribution < -0.4 is 0 Å². The number of carbonyl (C=O) groups excluding carboxylic acids is 1. The first-order valence-corrected chi connectivity index (χ1v) is 8.96. The molecule has 0 N–H and O–H groups in total. The predicted molar refractivity (Wildman–Crippen MR) is 102 cm³/mol. The van der Waals surface area contributed by atoms with Gasteiger partial charge in [0.15, 0.2) is 0 Å². The standard InChI is InChI=1S/C22H29NO2/c1-18(2)14-21(22(24)25-3)17-23(15-19-10-6-4-7-11-19)16-20-12-8-5-9-13-20/h4-13,18,21H,14-17H2,1-3H3/t21-/m1/s1. The van der Waals surface area contributed by atoms with E-state index in [1.807, 2.05) is 12.1 Å². The van der Waals surface area contributed by atoms with Crippen molar-refractivity contribution in [3.63, 3.8) is 0 Å². The van der Waals surface area contributed by atoms with Gasteiger partial charge in [-0.05, 0) is 23.5 Å². The maximum absolute atomic E-state index is 12.2. The predicted octanol–water partition coefficient (Wildman–Crippen LogP) is 4.52. The Hall–Kier alpha value is -2.13. The van der Waals surface area contributed by atoms with Crippen LogP contribution in [0.15, 0.2) is 60.7 Å². The average Bonchev–Trinajstić information content (AvgIpc) is 2.61. The lowest BCUT2D eigenvalue weighted by molar-refractivity contribution is -0.146. The van der Waals surface area contributed by atoms with Crippen LogP contribution in [0.5, 0.6) is 0 Å². The summed E-state index contributed by atoms with van der Waals surface area (Å²) in [5.41, 5.74) is 2.51. The van der Waals surface area contributed by atoms with Crippen molar-refractivity contribution in [2.75, 3.05) is 13.7 Å². The second kappa shape index (κ2) is 10.00. The van der Waals surface area contributed by atoms with Crippen LogP contribution in [0.2, 0.25) is 0 Å². The van der Waals surface area contributed by atoms with Crippen molar-refractivity contribution in [2.45, 2.75) is 33.4 Å². The second-order valence-electron chi connectivity index (χ2n) is 6.99. The summed E-state index contributed by atoms with van der Waals surface area (Å²) in [5, 5.41) is 0. The van der Waals surface area contributed by atoms with Gasteiger partial charge in [0.2, 0.25) is 0 Å². The number of hydrogen-bond donors (Lipinski definition) is 0. The maximum Gasteiger partial charge on any atom is 0.309 e. The monoisotopic (exact) mass is 339 g/mol. The molecule has 0 aromatic heterocycles. The lowest BCUT2D eigenvalue weighted by atomic mass is 9.96. The number of esters is 1. The van der Waals surface area contributed by atoms with Crippen molar-refractivity contribution in [1.82, 2.24) is 4.90 Å². The van der Waals surface area contributed by atoms with E-state index in [0.29, 0.717) is 12.5 Å². The quantitative estimate of drug-likeness (QED) is 0.629. The molecule has 0 amide bonds. The van der Waals surface area contributed by atoms with Gasteiger partial charge in [0, 0.05) is 19.6 Å². The minimum atomic E-state index is -0.111. The highest BCUT2D eigenvalue weighted by Crippen LogP contribution is 2.18. The Morgan fingerprint density at radius 1 is 0.920 bits per heavy atom. The average molecular weight is 339 g/mol. The zero-order valence-electron chi connectivity index (χ0n) is 15.5. The molecule has 25 heavy (non-hydrogen) atoms. The number of benzene rings is 2. The van der Waals surface area contributed by atoms with Crippen LogP contribution in [-0.4, -0.2) is 24.5 Å². The van der Waals surface area contributed by atoms with Crippen LogP contribution in [-0.2, 0) is 22.6 Å². The molecule has 0 aliphatic carbocycles. The first-order chi connectivity index (χ1) is 12.1. The van der Waals surface area contributed by atoms with Crippen LogP contribution in [0, 0.1) is 11.8 Å². The lowest BCUT2D eigenvalue weighted by Gasteiger charge is -2.27. The topological polar surface area (TPSA) is 29.5 Å². The van der Waals surface area contributed by atoms with Crippen LogP contribution in [0.3, 0.4) is 0 Å². The Bertz CT molecular complexity index is 583. The van der Waals surface area contributed by atoms with Gasteiger partial charge in [0.1, 0.15) is 0 Å². The number of methoxy groups -OCH3 is 1. The Morgan fingerprint density at radius 2 is 1.40 bits per heavy atom. The van der Waals surface area contributed by atoms with E-state index in [-0.39, 0.29) is 11.9 Å². The first-order valence-electron chi connectivity index (χ1n) is 8.96. The SMILES string of the molecule is COC(=O)[C@H](CC(C)C)CN(Cc1ccccc1)Cc1ccccc1. The molecule has 0 unspecified atom stereocenters. The van der Waals surface area contributed by atoms with Crippen LogP contribution in [0.25, 0.3) is 0 Å². The Morgan fingerprint density at radius 3 is 1.80 bits per heavy atom. The highest BCUT2D eigenvalue weighted by Gasteiger charge is 2.23. The molecule has 1 atom stereocenters. The molecule has 3 nitrogen and oxygen atoms in total. The van der Waals surface area contributed by atoms with E-state index in [1.54, 1.807) is 0 Å². The van der Waals surface area contributed by atoms with Crippen molar-refractivity contribution < 1.29 is 9.53 Å². The van der Waals surface area contributed by atoms with Crippen LogP contribution in [0.1, 0.15) is 31.4 Å². The van der Waals surface area contributed by atoms with Gasteiger partial charge in [-0.15, -0.1) is 0 Å². The van der Waals surface area contributed by atoms with Crippen molar-refractivity contribution in [3.8, 4) is 0 Å². The molecule has 2 rings (SSSR count). The molecule has 0 aliphatic rings. The molecule has 2 aromatic carbocycles. The van der Waals surface area contributed by atoms with Crippen molar-refractivity contribution >= 4 is 5.97 Å². The second-order valence-corrected chi connectivity index (χ2v) is 6.99. The van der Waals surface area contributed by atoms with E-state index in [9.17, 15) is 4.79 Å². The van der Waals surface area contributed by atoms with Crippen molar-refractivity contribution in [1.29, 1.82) is 0 Å². The molecule has 2 aromatic rings. The Kier molecular flexibility index (Phi) is 7.68. The Labute approximate surface area is 151 Å². The summed E-state index contributed by atoms with van der Waals surface area (Å²) in [6.45, 7) is 6.64. The van der Waals surface area contributed by atoms with E-state index < -0.39 is 0 Å². The molecule has 0 fully saturated rings. The molecule has 3 heteroatoms. The minimum Gasteiger partial charge on any atom is -0.469 e. The number of rotatable bonds is 9. The van der Waals surface area contributed by atoms with Gasteiger partial charge in [-0.25, -0.2) is 0 Å². The molecule has 0 saturated heterocycles. The highest BCUT2D eigenvalue weighted by atomic mass is 16.5. The van der Waals surface area contributed by atoms with Gasteiger partial charge in [0.05, 0.1) is 13.0 Å². The van der Waals surface area contributed by atoms with Crippen molar-refractivity contribution in [3.05, 3.63) is 71.8 Å². The summed E-state index contributed by atoms with van der Waals surface area (Å²) >= 11 is 0. The first kappa shape index (κ1) is 19.2. The zero-order chi connectivity index (χ0) is 18.1. The van der Waals surface area contributed by atoms with Gasteiger partial charge < -0.3 is 4.74 Å². The van der Waals surface area contributed by atoms with E-state index in [1.165, 1.54) is 18.2 Å². The van der Waals surface area contributed by atoms with Gasteiger partial charge in [0.25, 0.3) is 0 Å². The fourth-order valence-electron chi connectivity index (χ4n) is 3.16. The summed E-state index contributed by atoms with van der Waals surface area (Å²) in [6, 6.07) is 20.8. The molecule has 0 spiro atoms. The van der Waals surface area contributed by atoms with E-state index in [0.717, 1.165) is 19.5 Å². The van der Waals surface area contributed by atoms with E-state index in [2.05, 4.69) is 67.3 Å². The molecule has 0 bridgehead atoms. The van der Waals surface area contributed by atoms with Gasteiger partial charge in [-0.3, -0.25) is 9.69 Å². The third-order valence-electron chi connectivity index (χ3n) is 4.27. The zero-order valence-corrected chi connectivity index (χ0v) is 15.5. The fourth-order valence-corrected chi connectivity index (χ4v) is 3.16. The highest BCUT2D eigenvalue weighted by molar-refractivity contribution is 5.72. The van der Waals surface area contributed by atoms with Crippen LogP contribution >= 0.6 is 0 Å². The van der Waals surface area contributed by atoms with E-state index >= 15 is 0 Å². The van der Waals surface area contributed by atoms with Gasteiger partial charge in [-0.2, -0.15) is 0 Å². The molecule has 134 valence electrons. The number of carbonyl (C=O) groups is 1. The maximum atomic E-state index is 12.2. The van der Waals surface area contributed by atoms with Gasteiger partial charge in [-0.1, -0.05) is 74.5 Å². The molecule has 0 radical (unpaired) electrons. The Balaban J connectivity index is 2.15. The molecule has 0 saturated carbocycles. The molecule has 0 heterocycles. The third-order valence-corrected chi connectivity index (χ3v) is 4.27. The third kappa shape index (κ3) is 6.71. The summed E-state index contributed by atoms with van der Waals surface area (Å²) < 4.78 is 5.05. The number of hydrogen-bond acceptors (Lipinski definition) is 3. The summed E-state index contributed by atoms with van der Waals surface area (Å²) in [5.74, 6) is 0.247. The number of nitrogens with zero attached hydrogens (tertiary/aromatic N) is 1. The minimum absolute atomic E-state index is 0.0996. The van der Waals surface area contributed by atoms with Crippen molar-refractivity contribution in [2.24, 2.45) is 11.8 Å². The summed E-state index contributed by atoms with van der Waals surface area (Å²) in [4.78, 5) is 14.6.